The number of ether oxygens (including phenoxy) is 1. The van der Waals surface area contributed by atoms with Crippen molar-refractivity contribution in [2.75, 3.05) is 7.11 Å². The number of rotatable bonds is 6. The molecule has 0 amide bonds. The molecule has 0 aliphatic heterocycles. The van der Waals surface area contributed by atoms with Crippen LogP contribution in [0.25, 0.3) is 0 Å². The summed E-state index contributed by atoms with van der Waals surface area (Å²) in [6.07, 6.45) is 2.67. The van der Waals surface area contributed by atoms with Crippen LogP contribution in [0.5, 0.6) is 0 Å². The van der Waals surface area contributed by atoms with Crippen molar-refractivity contribution in [3.63, 3.8) is 0 Å². The Hall–Kier alpha value is -0.800. The van der Waals surface area contributed by atoms with Crippen LogP contribution in [0.3, 0.4) is 0 Å². The zero-order valence-electron chi connectivity index (χ0n) is 10.9. The van der Waals surface area contributed by atoms with Gasteiger partial charge in [-0.15, -0.1) is 0 Å². The molecular weight excluding hydrogens is 202 g/mol. The predicted octanol–water partition coefficient (Wildman–Crippen LogP) is 3.13. The maximum atomic E-state index is 5.42. The minimum absolute atomic E-state index is 0.0880. The molecule has 0 bridgehead atoms. The third kappa shape index (κ3) is 3.99. The summed E-state index contributed by atoms with van der Waals surface area (Å²) in [5.41, 5.74) is -0.0880. The van der Waals surface area contributed by atoms with Crippen molar-refractivity contribution >= 4 is 0 Å². The Balaban J connectivity index is 2.43. The largest absolute Gasteiger partial charge is 0.468 e. The Morgan fingerprint density at radius 3 is 2.62 bits per heavy atom. The van der Waals surface area contributed by atoms with Crippen molar-refractivity contribution < 1.29 is 9.15 Å². The third-order valence-electron chi connectivity index (χ3n) is 2.85. The van der Waals surface area contributed by atoms with Gasteiger partial charge in [-0.1, -0.05) is 0 Å². The molecule has 3 nitrogen and oxygen atoms in total. The van der Waals surface area contributed by atoms with Gasteiger partial charge in [-0.05, 0) is 46.2 Å². The van der Waals surface area contributed by atoms with E-state index >= 15 is 0 Å². The molecule has 1 aromatic rings. The highest BCUT2D eigenvalue weighted by molar-refractivity contribution is 5.03. The minimum Gasteiger partial charge on any atom is -0.468 e. The second-order valence-electron chi connectivity index (χ2n) is 4.97. The first-order chi connectivity index (χ1) is 7.44. The van der Waals surface area contributed by atoms with Gasteiger partial charge in [-0.3, -0.25) is 0 Å². The van der Waals surface area contributed by atoms with Gasteiger partial charge in [0.25, 0.3) is 0 Å². The highest BCUT2D eigenvalue weighted by Gasteiger charge is 2.21. The molecule has 0 fully saturated rings. The average molecular weight is 225 g/mol. The van der Waals surface area contributed by atoms with Gasteiger partial charge >= 0.3 is 0 Å². The first-order valence-electron chi connectivity index (χ1n) is 5.79. The first-order valence-corrected chi connectivity index (χ1v) is 5.79. The summed E-state index contributed by atoms with van der Waals surface area (Å²) in [6, 6.07) is 4.52. The number of hydrogen-bond acceptors (Lipinski definition) is 3. The van der Waals surface area contributed by atoms with Crippen molar-refractivity contribution in [2.45, 2.75) is 51.8 Å². The van der Waals surface area contributed by atoms with Crippen LogP contribution in [0.2, 0.25) is 0 Å². The molecule has 0 saturated heterocycles. The lowest BCUT2D eigenvalue weighted by molar-refractivity contribution is 0.00762. The van der Waals surface area contributed by atoms with Crippen LogP contribution in [0.15, 0.2) is 22.8 Å². The molecular formula is C13H23NO2. The van der Waals surface area contributed by atoms with E-state index in [1.54, 1.807) is 13.4 Å². The molecule has 0 radical (unpaired) electrons. The smallest absolute Gasteiger partial charge is 0.120 e. The summed E-state index contributed by atoms with van der Waals surface area (Å²) in [5, 5.41) is 3.50. The van der Waals surface area contributed by atoms with Gasteiger partial charge in [-0.2, -0.15) is 0 Å². The molecule has 92 valence electrons. The van der Waals surface area contributed by atoms with Crippen molar-refractivity contribution in [1.82, 2.24) is 5.32 Å². The van der Waals surface area contributed by atoms with E-state index < -0.39 is 0 Å². The van der Waals surface area contributed by atoms with Crippen molar-refractivity contribution in [1.29, 1.82) is 0 Å². The Morgan fingerprint density at radius 2 is 2.12 bits per heavy atom. The lowest BCUT2D eigenvalue weighted by Crippen LogP contribution is -2.36. The van der Waals surface area contributed by atoms with E-state index in [2.05, 4.69) is 33.0 Å². The molecule has 0 spiro atoms. The Labute approximate surface area is 98.2 Å². The summed E-state index contributed by atoms with van der Waals surface area (Å²) in [6.45, 7) is 8.47. The molecule has 1 aromatic heterocycles. The summed E-state index contributed by atoms with van der Waals surface area (Å²) in [5.74, 6) is 0.974. The van der Waals surface area contributed by atoms with E-state index in [-0.39, 0.29) is 11.6 Å². The van der Waals surface area contributed by atoms with Crippen molar-refractivity contribution in [2.24, 2.45) is 0 Å². The molecule has 1 heterocycles. The maximum Gasteiger partial charge on any atom is 0.120 e. The molecule has 1 N–H and O–H groups in total. The Bertz CT molecular complexity index is 293. The van der Waals surface area contributed by atoms with Gasteiger partial charge in [0.15, 0.2) is 0 Å². The zero-order valence-corrected chi connectivity index (χ0v) is 10.9. The lowest BCUT2D eigenvalue weighted by Gasteiger charge is -2.28. The van der Waals surface area contributed by atoms with E-state index in [1.807, 2.05) is 12.1 Å². The number of methoxy groups -OCH3 is 1. The molecule has 2 unspecified atom stereocenters. The fourth-order valence-corrected chi connectivity index (χ4v) is 1.93. The van der Waals surface area contributed by atoms with E-state index in [4.69, 9.17) is 9.15 Å². The van der Waals surface area contributed by atoms with Crippen LogP contribution in [0.1, 0.15) is 45.9 Å². The highest BCUT2D eigenvalue weighted by atomic mass is 16.5. The molecule has 2 atom stereocenters. The second kappa shape index (κ2) is 5.51. The molecule has 0 aromatic carbocycles. The van der Waals surface area contributed by atoms with E-state index in [9.17, 15) is 0 Å². The molecule has 3 heteroatoms. The molecule has 0 aliphatic carbocycles. The van der Waals surface area contributed by atoms with Crippen LogP contribution >= 0.6 is 0 Å². The van der Waals surface area contributed by atoms with Gasteiger partial charge in [0, 0.05) is 13.2 Å². The van der Waals surface area contributed by atoms with Crippen LogP contribution in [-0.4, -0.2) is 18.8 Å². The van der Waals surface area contributed by atoms with E-state index in [0.717, 1.165) is 12.2 Å². The topological polar surface area (TPSA) is 34.4 Å². The number of hydrogen-bond donors (Lipinski definition) is 1. The van der Waals surface area contributed by atoms with Gasteiger partial charge < -0.3 is 14.5 Å². The fraction of sp³-hybridized carbons (Fsp3) is 0.692. The number of nitrogens with one attached hydrogen (secondary N) is 1. The standard InChI is InChI=1S/C13H23NO2/c1-10(9-13(3,4)15-5)14-11(2)12-7-6-8-16-12/h6-8,10-11,14H,9H2,1-5H3. The van der Waals surface area contributed by atoms with Gasteiger partial charge in [0.05, 0.1) is 17.9 Å². The molecule has 0 saturated carbocycles. The Kier molecular flexibility index (Phi) is 4.56. The highest BCUT2D eigenvalue weighted by Crippen LogP contribution is 2.19. The molecule has 16 heavy (non-hydrogen) atoms. The van der Waals surface area contributed by atoms with Crippen LogP contribution < -0.4 is 5.32 Å². The van der Waals surface area contributed by atoms with Crippen LogP contribution in [-0.2, 0) is 4.74 Å². The summed E-state index contributed by atoms with van der Waals surface area (Å²) >= 11 is 0. The van der Waals surface area contributed by atoms with Gasteiger partial charge in [0.1, 0.15) is 5.76 Å². The normalized spacial score (nSPS) is 16.1. The monoisotopic (exact) mass is 225 g/mol. The lowest BCUT2D eigenvalue weighted by atomic mass is 9.99. The summed E-state index contributed by atoms with van der Waals surface area (Å²) < 4.78 is 10.8. The summed E-state index contributed by atoms with van der Waals surface area (Å²) in [7, 11) is 1.75. The quantitative estimate of drug-likeness (QED) is 0.807. The Morgan fingerprint density at radius 1 is 1.44 bits per heavy atom. The first kappa shape index (κ1) is 13.3. The zero-order chi connectivity index (χ0) is 12.2. The third-order valence-corrected chi connectivity index (χ3v) is 2.85. The maximum absolute atomic E-state index is 5.42. The van der Waals surface area contributed by atoms with E-state index in [0.29, 0.717) is 6.04 Å². The number of furan rings is 1. The van der Waals surface area contributed by atoms with Crippen LogP contribution in [0.4, 0.5) is 0 Å². The molecule has 0 aliphatic rings. The van der Waals surface area contributed by atoms with Crippen molar-refractivity contribution in [3.8, 4) is 0 Å². The minimum atomic E-state index is -0.0880. The second-order valence-corrected chi connectivity index (χ2v) is 4.97. The van der Waals surface area contributed by atoms with Crippen molar-refractivity contribution in [3.05, 3.63) is 24.2 Å². The predicted molar refractivity (Wildman–Crippen MR) is 65.4 cm³/mol. The molecule has 1 rings (SSSR count). The van der Waals surface area contributed by atoms with Gasteiger partial charge in [0.2, 0.25) is 0 Å². The van der Waals surface area contributed by atoms with Gasteiger partial charge in [-0.25, -0.2) is 0 Å². The van der Waals surface area contributed by atoms with Crippen LogP contribution in [0, 0.1) is 0 Å². The summed E-state index contributed by atoms with van der Waals surface area (Å²) in [4.78, 5) is 0. The SMILES string of the molecule is COC(C)(C)CC(C)NC(C)c1ccco1. The fourth-order valence-electron chi connectivity index (χ4n) is 1.93. The average Bonchev–Trinajstić information content (AvgIpc) is 2.69. The van der Waals surface area contributed by atoms with E-state index in [1.165, 1.54) is 0 Å².